The first-order valence-corrected chi connectivity index (χ1v) is 7.59. The summed E-state index contributed by atoms with van der Waals surface area (Å²) in [6, 6.07) is 3.54. The fraction of sp³-hybridized carbons (Fsp3) is 0.312. The quantitative estimate of drug-likeness (QED) is 0.785. The van der Waals surface area contributed by atoms with Crippen LogP contribution in [0.4, 0.5) is 14.6 Å². The lowest BCUT2D eigenvalue weighted by atomic mass is 9.86. The zero-order chi connectivity index (χ0) is 17.1. The van der Waals surface area contributed by atoms with Gasteiger partial charge >= 0.3 is 0 Å². The molecule has 2 atom stereocenters. The predicted molar refractivity (Wildman–Crippen MR) is 84.3 cm³/mol. The van der Waals surface area contributed by atoms with Gasteiger partial charge in [0, 0.05) is 30.9 Å². The minimum atomic E-state index is -0.894. The lowest BCUT2D eigenvalue weighted by Crippen LogP contribution is -2.50. The van der Waals surface area contributed by atoms with Gasteiger partial charge in [0.15, 0.2) is 23.1 Å². The van der Waals surface area contributed by atoms with Crippen LogP contribution in [0.1, 0.15) is 28.4 Å². The summed E-state index contributed by atoms with van der Waals surface area (Å²) in [5, 5.41) is 6.04. The molecule has 0 aliphatic carbocycles. The second-order valence-electron chi connectivity index (χ2n) is 5.64. The number of benzene rings is 1. The number of carbonyl (C=O) groups is 1. The molecule has 1 aromatic carbocycles. The molecule has 1 fully saturated rings. The third kappa shape index (κ3) is 3.33. The highest BCUT2D eigenvalue weighted by molar-refractivity contribution is 5.96. The van der Waals surface area contributed by atoms with E-state index in [9.17, 15) is 13.6 Å². The van der Waals surface area contributed by atoms with Gasteiger partial charge in [-0.05, 0) is 30.7 Å². The van der Waals surface area contributed by atoms with E-state index in [-0.39, 0.29) is 23.5 Å². The van der Waals surface area contributed by atoms with E-state index in [4.69, 9.17) is 5.73 Å². The van der Waals surface area contributed by atoms with Crippen LogP contribution in [-0.4, -0.2) is 35.0 Å². The van der Waals surface area contributed by atoms with Crippen molar-refractivity contribution in [2.45, 2.75) is 18.4 Å². The van der Waals surface area contributed by atoms with Crippen molar-refractivity contribution in [1.29, 1.82) is 0 Å². The molecule has 1 aliphatic rings. The van der Waals surface area contributed by atoms with Crippen molar-refractivity contribution < 1.29 is 13.6 Å². The molecular formula is C16H17F2N5O. The van der Waals surface area contributed by atoms with E-state index in [0.717, 1.165) is 12.6 Å². The van der Waals surface area contributed by atoms with Crippen LogP contribution in [0.5, 0.6) is 0 Å². The van der Waals surface area contributed by atoms with Crippen LogP contribution in [0.3, 0.4) is 0 Å². The highest BCUT2D eigenvalue weighted by Gasteiger charge is 2.29. The van der Waals surface area contributed by atoms with E-state index in [2.05, 4.69) is 20.6 Å². The molecule has 0 radical (unpaired) electrons. The summed E-state index contributed by atoms with van der Waals surface area (Å²) in [5.74, 6) is -2.32. The van der Waals surface area contributed by atoms with E-state index in [1.807, 2.05) is 0 Å². The molecular weight excluding hydrogens is 316 g/mol. The molecule has 0 saturated carbocycles. The van der Waals surface area contributed by atoms with Crippen molar-refractivity contribution >= 4 is 11.7 Å². The molecule has 2 unspecified atom stereocenters. The largest absolute Gasteiger partial charge is 0.382 e. The number of amides is 1. The van der Waals surface area contributed by atoms with Gasteiger partial charge < -0.3 is 16.4 Å². The summed E-state index contributed by atoms with van der Waals surface area (Å²) in [7, 11) is 0. The summed E-state index contributed by atoms with van der Waals surface area (Å²) in [6.45, 7) is 1.24. The van der Waals surface area contributed by atoms with Crippen molar-refractivity contribution in [3.8, 4) is 0 Å². The van der Waals surface area contributed by atoms with Crippen LogP contribution in [0.15, 0.2) is 30.6 Å². The number of piperidine rings is 1. The molecule has 1 aromatic heterocycles. The zero-order valence-corrected chi connectivity index (χ0v) is 12.8. The predicted octanol–water partition coefficient (Wildman–Crippen LogP) is 1.21. The number of carbonyl (C=O) groups excluding carboxylic acids is 1. The molecule has 0 bridgehead atoms. The van der Waals surface area contributed by atoms with Gasteiger partial charge in [0.05, 0.1) is 0 Å². The average molecular weight is 333 g/mol. The normalized spacial score (nSPS) is 20.6. The lowest BCUT2D eigenvalue weighted by Gasteiger charge is -2.33. The first-order chi connectivity index (χ1) is 11.6. The monoisotopic (exact) mass is 333 g/mol. The molecule has 0 spiro atoms. The fourth-order valence-electron chi connectivity index (χ4n) is 2.91. The Balaban J connectivity index is 1.81. The van der Waals surface area contributed by atoms with Gasteiger partial charge in [-0.1, -0.05) is 6.07 Å². The maximum atomic E-state index is 13.5. The van der Waals surface area contributed by atoms with Crippen molar-refractivity contribution in [3.05, 3.63) is 53.5 Å². The molecule has 3 rings (SSSR count). The van der Waals surface area contributed by atoms with E-state index in [1.165, 1.54) is 18.5 Å². The number of rotatable bonds is 3. The number of anilines is 1. The molecule has 126 valence electrons. The van der Waals surface area contributed by atoms with Crippen LogP contribution >= 0.6 is 0 Å². The summed E-state index contributed by atoms with van der Waals surface area (Å²) in [4.78, 5) is 20.2. The number of nitrogens with zero attached hydrogens (tertiary/aromatic N) is 2. The van der Waals surface area contributed by atoms with Crippen molar-refractivity contribution in [1.82, 2.24) is 20.6 Å². The lowest BCUT2D eigenvalue weighted by molar-refractivity contribution is 0.0920. The van der Waals surface area contributed by atoms with Crippen molar-refractivity contribution in [2.75, 3.05) is 18.8 Å². The molecule has 1 aliphatic heterocycles. The molecule has 8 heteroatoms. The second-order valence-corrected chi connectivity index (χ2v) is 5.64. The molecule has 1 amide bonds. The van der Waals surface area contributed by atoms with Crippen LogP contribution in [0, 0.1) is 11.6 Å². The van der Waals surface area contributed by atoms with Gasteiger partial charge in [-0.3, -0.25) is 4.79 Å². The minimum Gasteiger partial charge on any atom is -0.382 e. The summed E-state index contributed by atoms with van der Waals surface area (Å²) in [6.07, 6.45) is 3.47. The van der Waals surface area contributed by atoms with Gasteiger partial charge in [0.1, 0.15) is 0 Å². The number of nitrogens with one attached hydrogen (secondary N) is 2. The Labute approximate surface area is 137 Å². The molecule has 4 N–H and O–H groups in total. The summed E-state index contributed by atoms with van der Waals surface area (Å²) < 4.78 is 26.7. The zero-order valence-electron chi connectivity index (χ0n) is 12.8. The highest BCUT2D eigenvalue weighted by Crippen LogP contribution is 2.27. The molecule has 6 nitrogen and oxygen atoms in total. The topological polar surface area (TPSA) is 92.9 Å². The van der Waals surface area contributed by atoms with E-state index in [0.29, 0.717) is 18.5 Å². The van der Waals surface area contributed by atoms with E-state index in [1.54, 1.807) is 6.07 Å². The standard InChI is InChI=1S/C16H17F2N5O/c17-11-2-1-9(7-12(11)18)10-3-4-20-8-13(10)23-16(24)14-15(19)22-6-5-21-14/h1-2,5-7,10,13,20H,3-4,8H2,(H2,19,22)(H,23,24). The van der Waals surface area contributed by atoms with Gasteiger partial charge in [-0.2, -0.15) is 0 Å². The van der Waals surface area contributed by atoms with Gasteiger partial charge in [-0.25, -0.2) is 18.7 Å². The summed E-state index contributed by atoms with van der Waals surface area (Å²) in [5.41, 5.74) is 6.36. The Morgan fingerprint density at radius 1 is 1.25 bits per heavy atom. The highest BCUT2D eigenvalue weighted by atomic mass is 19.2. The Kier molecular flexibility index (Phi) is 4.66. The van der Waals surface area contributed by atoms with Crippen molar-refractivity contribution in [2.24, 2.45) is 0 Å². The number of halogens is 2. The molecule has 24 heavy (non-hydrogen) atoms. The fourth-order valence-corrected chi connectivity index (χ4v) is 2.91. The SMILES string of the molecule is Nc1nccnc1C(=O)NC1CNCCC1c1ccc(F)c(F)c1. The van der Waals surface area contributed by atoms with Gasteiger partial charge in [0.25, 0.3) is 5.91 Å². The Morgan fingerprint density at radius 3 is 2.79 bits per heavy atom. The van der Waals surface area contributed by atoms with Crippen LogP contribution in [0.2, 0.25) is 0 Å². The number of hydrogen-bond donors (Lipinski definition) is 3. The average Bonchev–Trinajstić information content (AvgIpc) is 2.58. The smallest absolute Gasteiger partial charge is 0.274 e. The second kappa shape index (κ2) is 6.88. The Bertz CT molecular complexity index is 755. The van der Waals surface area contributed by atoms with E-state index < -0.39 is 17.5 Å². The Hall–Kier alpha value is -2.61. The van der Waals surface area contributed by atoms with Crippen LogP contribution in [-0.2, 0) is 0 Å². The number of hydrogen-bond acceptors (Lipinski definition) is 5. The number of nitrogens with two attached hydrogens (primary N) is 1. The first-order valence-electron chi connectivity index (χ1n) is 7.59. The van der Waals surface area contributed by atoms with E-state index >= 15 is 0 Å². The third-order valence-corrected chi connectivity index (χ3v) is 4.11. The van der Waals surface area contributed by atoms with Crippen LogP contribution in [0.25, 0.3) is 0 Å². The number of aromatic nitrogens is 2. The molecule has 2 aromatic rings. The van der Waals surface area contributed by atoms with Gasteiger partial charge in [-0.15, -0.1) is 0 Å². The van der Waals surface area contributed by atoms with Gasteiger partial charge in [0.2, 0.25) is 0 Å². The maximum absolute atomic E-state index is 13.5. The number of nitrogen functional groups attached to an aromatic ring is 1. The molecule has 1 saturated heterocycles. The van der Waals surface area contributed by atoms with Crippen molar-refractivity contribution in [3.63, 3.8) is 0 Å². The summed E-state index contributed by atoms with van der Waals surface area (Å²) >= 11 is 0. The molecule has 2 heterocycles. The van der Waals surface area contributed by atoms with Crippen LogP contribution < -0.4 is 16.4 Å². The first kappa shape index (κ1) is 16.3. The minimum absolute atomic E-state index is 0.0446. The Morgan fingerprint density at radius 2 is 2.04 bits per heavy atom. The third-order valence-electron chi connectivity index (χ3n) is 4.11. The maximum Gasteiger partial charge on any atom is 0.274 e.